The normalized spacial score (nSPS) is 14.6. The molecule has 5 heteroatoms. The van der Waals surface area contributed by atoms with E-state index in [1.165, 1.54) is 4.90 Å². The van der Waals surface area contributed by atoms with Gasteiger partial charge in [0.25, 0.3) is 11.7 Å². The van der Waals surface area contributed by atoms with E-state index in [4.69, 9.17) is 4.74 Å². The highest BCUT2D eigenvalue weighted by atomic mass is 79.9. The number of ketones is 1. The molecule has 0 bridgehead atoms. The van der Waals surface area contributed by atoms with Crippen molar-refractivity contribution in [3.8, 4) is 0 Å². The number of anilines is 1. The minimum absolute atomic E-state index is 0.111. The number of halogens is 1. The van der Waals surface area contributed by atoms with Crippen molar-refractivity contribution in [3.05, 3.63) is 28.2 Å². The predicted molar refractivity (Wildman–Crippen MR) is 71.9 cm³/mol. The van der Waals surface area contributed by atoms with Crippen LogP contribution in [0.25, 0.3) is 0 Å². The third-order valence-corrected chi connectivity index (χ3v) is 3.38. The number of fused-ring (bicyclic) bond motifs is 1. The lowest BCUT2D eigenvalue weighted by Gasteiger charge is -2.17. The first-order valence-electron chi connectivity index (χ1n) is 5.78. The van der Waals surface area contributed by atoms with Crippen LogP contribution >= 0.6 is 15.9 Å². The zero-order chi connectivity index (χ0) is 13.3. The van der Waals surface area contributed by atoms with Gasteiger partial charge in [0.05, 0.1) is 24.0 Å². The molecule has 96 valence electrons. The van der Waals surface area contributed by atoms with E-state index in [-0.39, 0.29) is 6.10 Å². The van der Waals surface area contributed by atoms with Crippen LogP contribution in [-0.2, 0) is 9.53 Å². The monoisotopic (exact) mass is 311 g/mol. The number of hydrogen-bond acceptors (Lipinski definition) is 3. The van der Waals surface area contributed by atoms with Gasteiger partial charge in [0, 0.05) is 11.0 Å². The number of benzene rings is 1. The summed E-state index contributed by atoms with van der Waals surface area (Å²) in [5, 5.41) is 0. The lowest BCUT2D eigenvalue weighted by molar-refractivity contribution is -0.114. The highest BCUT2D eigenvalue weighted by Gasteiger charge is 2.36. The van der Waals surface area contributed by atoms with E-state index in [0.29, 0.717) is 28.9 Å². The summed E-state index contributed by atoms with van der Waals surface area (Å²) < 4.78 is 6.07. The Labute approximate surface area is 114 Å². The molecular formula is C13H14BrNO3. The second kappa shape index (κ2) is 5.20. The molecule has 1 aliphatic heterocycles. The Balaban J connectivity index is 2.21. The number of hydrogen-bond donors (Lipinski definition) is 0. The van der Waals surface area contributed by atoms with Crippen molar-refractivity contribution in [2.75, 3.05) is 18.1 Å². The zero-order valence-electron chi connectivity index (χ0n) is 10.3. The van der Waals surface area contributed by atoms with Crippen molar-refractivity contribution in [1.29, 1.82) is 0 Å². The number of rotatable bonds is 4. The maximum absolute atomic E-state index is 11.9. The Hall–Kier alpha value is -1.20. The summed E-state index contributed by atoms with van der Waals surface area (Å²) >= 11 is 3.30. The summed E-state index contributed by atoms with van der Waals surface area (Å²) in [5.41, 5.74) is 1.11. The molecule has 0 spiro atoms. The van der Waals surface area contributed by atoms with Gasteiger partial charge in [0.15, 0.2) is 0 Å². The largest absolute Gasteiger partial charge is 0.377 e. The van der Waals surface area contributed by atoms with Gasteiger partial charge in [0.1, 0.15) is 0 Å². The highest BCUT2D eigenvalue weighted by Crippen LogP contribution is 2.33. The van der Waals surface area contributed by atoms with Gasteiger partial charge in [-0.05, 0) is 41.9 Å². The first-order valence-corrected chi connectivity index (χ1v) is 6.58. The second-order valence-corrected chi connectivity index (χ2v) is 5.19. The quantitative estimate of drug-likeness (QED) is 0.802. The predicted octanol–water partition coefficient (Wildman–Crippen LogP) is 2.40. The van der Waals surface area contributed by atoms with Crippen LogP contribution in [0.15, 0.2) is 22.7 Å². The molecule has 0 saturated heterocycles. The second-order valence-electron chi connectivity index (χ2n) is 4.34. The van der Waals surface area contributed by atoms with Crippen molar-refractivity contribution in [1.82, 2.24) is 0 Å². The van der Waals surface area contributed by atoms with Crippen LogP contribution < -0.4 is 4.90 Å². The summed E-state index contributed by atoms with van der Waals surface area (Å²) in [6.45, 7) is 4.68. The third kappa shape index (κ3) is 2.33. The third-order valence-electron chi connectivity index (χ3n) is 2.71. The molecule has 0 fully saturated rings. The fourth-order valence-electron chi connectivity index (χ4n) is 1.90. The molecule has 0 saturated carbocycles. The van der Waals surface area contributed by atoms with Crippen LogP contribution in [0.3, 0.4) is 0 Å². The molecule has 1 aromatic rings. The van der Waals surface area contributed by atoms with Gasteiger partial charge >= 0.3 is 0 Å². The summed E-state index contributed by atoms with van der Waals surface area (Å²) in [4.78, 5) is 25.2. The topological polar surface area (TPSA) is 46.6 Å². The van der Waals surface area contributed by atoms with E-state index in [1.807, 2.05) is 19.9 Å². The fourth-order valence-corrected chi connectivity index (χ4v) is 2.44. The lowest BCUT2D eigenvalue weighted by atomic mass is 10.1. The van der Waals surface area contributed by atoms with Crippen molar-refractivity contribution in [2.45, 2.75) is 20.0 Å². The van der Waals surface area contributed by atoms with Gasteiger partial charge in [-0.3, -0.25) is 9.59 Å². The maximum atomic E-state index is 11.9. The molecule has 2 rings (SSSR count). The molecule has 0 radical (unpaired) electrons. The van der Waals surface area contributed by atoms with E-state index >= 15 is 0 Å². The molecule has 0 aromatic heterocycles. The molecule has 0 unspecified atom stereocenters. The Morgan fingerprint density at radius 3 is 2.72 bits per heavy atom. The first kappa shape index (κ1) is 13.2. The van der Waals surface area contributed by atoms with Crippen LogP contribution in [0, 0.1) is 0 Å². The molecule has 1 amide bonds. The van der Waals surface area contributed by atoms with Crippen LogP contribution in [0.2, 0.25) is 0 Å². The number of amides is 1. The van der Waals surface area contributed by atoms with E-state index in [1.54, 1.807) is 12.1 Å². The van der Waals surface area contributed by atoms with Crippen molar-refractivity contribution in [2.24, 2.45) is 0 Å². The molecular weight excluding hydrogens is 298 g/mol. The number of Topliss-reactive ketones (excluding diaryl/α,β-unsaturated/α-hetero) is 1. The number of carbonyl (C=O) groups excluding carboxylic acids is 2. The van der Waals surface area contributed by atoms with Crippen LogP contribution in [-0.4, -0.2) is 30.9 Å². The molecule has 0 atom stereocenters. The SMILES string of the molecule is CC(C)OCCN1C(=O)C(=O)c2c(Br)cccc21. The molecule has 0 aliphatic carbocycles. The zero-order valence-corrected chi connectivity index (χ0v) is 11.9. The van der Waals surface area contributed by atoms with Gasteiger partial charge in [-0.15, -0.1) is 0 Å². The van der Waals surface area contributed by atoms with Gasteiger partial charge in [-0.25, -0.2) is 0 Å². The lowest BCUT2D eigenvalue weighted by Crippen LogP contribution is -2.33. The van der Waals surface area contributed by atoms with Gasteiger partial charge < -0.3 is 9.64 Å². The summed E-state index contributed by atoms with van der Waals surface area (Å²) in [5.74, 6) is -0.939. The Kier molecular flexibility index (Phi) is 3.82. The molecule has 1 heterocycles. The summed E-state index contributed by atoms with van der Waals surface area (Å²) in [6, 6.07) is 5.35. The molecule has 4 nitrogen and oxygen atoms in total. The number of ether oxygens (including phenoxy) is 1. The fraction of sp³-hybridized carbons (Fsp3) is 0.385. The van der Waals surface area contributed by atoms with Gasteiger partial charge in [0.2, 0.25) is 0 Å². The maximum Gasteiger partial charge on any atom is 0.299 e. The van der Waals surface area contributed by atoms with Crippen LogP contribution in [0.5, 0.6) is 0 Å². The van der Waals surface area contributed by atoms with E-state index in [2.05, 4.69) is 15.9 Å². The Morgan fingerprint density at radius 2 is 2.06 bits per heavy atom. The first-order chi connectivity index (χ1) is 8.52. The van der Waals surface area contributed by atoms with Crippen LogP contribution in [0.1, 0.15) is 24.2 Å². The Bertz CT molecular complexity index is 499. The number of carbonyl (C=O) groups is 2. The minimum Gasteiger partial charge on any atom is -0.377 e. The molecule has 18 heavy (non-hydrogen) atoms. The molecule has 0 N–H and O–H groups in total. The molecule has 1 aromatic carbocycles. The minimum atomic E-state index is -0.482. The smallest absolute Gasteiger partial charge is 0.299 e. The Morgan fingerprint density at radius 1 is 1.33 bits per heavy atom. The summed E-state index contributed by atoms with van der Waals surface area (Å²) in [6.07, 6.45) is 0.111. The van der Waals surface area contributed by atoms with Crippen molar-refractivity contribution >= 4 is 33.3 Å². The standard InChI is InChI=1S/C13H14BrNO3/c1-8(2)18-7-6-15-10-5-3-4-9(14)11(10)12(16)13(15)17/h3-5,8H,6-7H2,1-2H3. The van der Waals surface area contributed by atoms with E-state index in [9.17, 15) is 9.59 Å². The average Bonchev–Trinajstić information content (AvgIpc) is 2.55. The summed E-state index contributed by atoms with van der Waals surface area (Å²) in [7, 11) is 0. The van der Waals surface area contributed by atoms with E-state index in [0.717, 1.165) is 0 Å². The van der Waals surface area contributed by atoms with Gasteiger partial charge in [-0.1, -0.05) is 6.07 Å². The number of nitrogens with zero attached hydrogens (tertiary/aromatic N) is 1. The van der Waals surface area contributed by atoms with Crippen molar-refractivity contribution < 1.29 is 14.3 Å². The van der Waals surface area contributed by atoms with E-state index < -0.39 is 11.7 Å². The molecule has 1 aliphatic rings. The average molecular weight is 312 g/mol. The van der Waals surface area contributed by atoms with Crippen LogP contribution in [0.4, 0.5) is 5.69 Å². The van der Waals surface area contributed by atoms with Gasteiger partial charge in [-0.2, -0.15) is 0 Å². The highest BCUT2D eigenvalue weighted by molar-refractivity contribution is 9.10. The van der Waals surface area contributed by atoms with Crippen molar-refractivity contribution in [3.63, 3.8) is 0 Å².